The first-order valence-electron chi connectivity index (χ1n) is 8.98. The van der Waals surface area contributed by atoms with Gasteiger partial charge in [-0.1, -0.05) is 12.8 Å². The molecule has 142 valence electrons. The minimum Gasteiger partial charge on any atom is -0.350 e. The maximum atomic E-state index is 13.4. The van der Waals surface area contributed by atoms with Crippen LogP contribution >= 0.6 is 0 Å². The second-order valence-electron chi connectivity index (χ2n) is 6.92. The molecule has 3 heterocycles. The van der Waals surface area contributed by atoms with E-state index in [1.54, 1.807) is 24.1 Å². The first-order chi connectivity index (χ1) is 13.0. The summed E-state index contributed by atoms with van der Waals surface area (Å²) >= 11 is 0. The Labute approximate surface area is 155 Å². The van der Waals surface area contributed by atoms with E-state index in [2.05, 4.69) is 25.4 Å². The topological polar surface area (TPSA) is 94.5 Å². The van der Waals surface area contributed by atoms with Gasteiger partial charge in [-0.2, -0.15) is 5.10 Å². The zero-order valence-electron chi connectivity index (χ0n) is 14.9. The molecule has 3 N–H and O–H groups in total. The van der Waals surface area contributed by atoms with Crippen LogP contribution in [-0.2, 0) is 7.05 Å². The molecule has 0 spiro atoms. The van der Waals surface area contributed by atoms with Gasteiger partial charge in [-0.3, -0.25) is 9.67 Å². The smallest absolute Gasteiger partial charge is 0.281 e. The van der Waals surface area contributed by atoms with Gasteiger partial charge in [0.05, 0.1) is 11.7 Å². The largest absolute Gasteiger partial charge is 0.350 e. The summed E-state index contributed by atoms with van der Waals surface area (Å²) in [6.07, 6.45) is 7.69. The first kappa shape index (κ1) is 17.7. The highest BCUT2D eigenvalue weighted by atomic mass is 19.3. The van der Waals surface area contributed by atoms with E-state index >= 15 is 0 Å². The number of fused-ring (bicyclic) bond motifs is 1. The van der Waals surface area contributed by atoms with Crippen LogP contribution in [0.2, 0.25) is 0 Å². The number of aryl methyl sites for hydroxylation is 1. The van der Waals surface area contributed by atoms with E-state index in [-0.39, 0.29) is 23.2 Å². The Balaban J connectivity index is 1.79. The molecule has 0 unspecified atom stereocenters. The van der Waals surface area contributed by atoms with Gasteiger partial charge in [-0.25, -0.2) is 18.7 Å². The highest BCUT2D eigenvalue weighted by molar-refractivity contribution is 5.94. The van der Waals surface area contributed by atoms with Crippen molar-refractivity contribution in [1.82, 2.24) is 24.7 Å². The van der Waals surface area contributed by atoms with E-state index in [1.165, 1.54) is 12.4 Å². The number of hydrogen-bond donors (Lipinski definition) is 2. The molecule has 0 aromatic carbocycles. The van der Waals surface area contributed by atoms with Gasteiger partial charge in [0.15, 0.2) is 0 Å². The van der Waals surface area contributed by atoms with Crippen molar-refractivity contribution in [1.29, 1.82) is 0 Å². The van der Waals surface area contributed by atoms with Crippen LogP contribution in [0.3, 0.4) is 0 Å². The summed E-state index contributed by atoms with van der Waals surface area (Å²) in [5.41, 5.74) is 7.69. The first-order valence-corrected chi connectivity index (χ1v) is 8.98. The fourth-order valence-corrected chi connectivity index (χ4v) is 3.56. The molecule has 9 heteroatoms. The third kappa shape index (κ3) is 3.46. The minimum absolute atomic E-state index is 0.0323. The highest BCUT2D eigenvalue weighted by Crippen LogP contribution is 2.32. The van der Waals surface area contributed by atoms with Crippen LogP contribution in [0.25, 0.3) is 22.0 Å². The van der Waals surface area contributed by atoms with Crippen molar-refractivity contribution in [2.24, 2.45) is 12.8 Å². The SMILES string of the molecule is Cn1cc(-c2cnc(C(F)F)c3cnc(N[C@H]4CCCC[C@H]4N)nc23)cn1. The predicted octanol–water partition coefficient (Wildman–Crippen LogP) is 3.04. The third-order valence-electron chi connectivity index (χ3n) is 5.01. The Morgan fingerprint density at radius 2 is 2.00 bits per heavy atom. The summed E-state index contributed by atoms with van der Waals surface area (Å²) < 4.78 is 28.4. The average molecular weight is 373 g/mol. The van der Waals surface area contributed by atoms with Gasteiger partial charge >= 0.3 is 0 Å². The molecule has 1 saturated carbocycles. The van der Waals surface area contributed by atoms with E-state index in [0.717, 1.165) is 31.2 Å². The lowest BCUT2D eigenvalue weighted by Gasteiger charge is -2.29. The van der Waals surface area contributed by atoms with E-state index in [4.69, 9.17) is 5.73 Å². The lowest BCUT2D eigenvalue weighted by Crippen LogP contribution is -2.42. The van der Waals surface area contributed by atoms with Gasteiger partial charge in [-0.15, -0.1) is 0 Å². The second-order valence-corrected chi connectivity index (χ2v) is 6.92. The average Bonchev–Trinajstić information content (AvgIpc) is 3.08. The molecule has 1 aliphatic carbocycles. The molecule has 0 aliphatic heterocycles. The number of alkyl halides is 2. The molecule has 27 heavy (non-hydrogen) atoms. The number of nitrogens with zero attached hydrogens (tertiary/aromatic N) is 5. The number of pyridine rings is 1. The zero-order chi connectivity index (χ0) is 19.0. The van der Waals surface area contributed by atoms with Gasteiger partial charge in [0.2, 0.25) is 5.95 Å². The summed E-state index contributed by atoms with van der Waals surface area (Å²) in [5, 5.41) is 7.67. The van der Waals surface area contributed by atoms with E-state index in [1.807, 2.05) is 0 Å². The maximum Gasteiger partial charge on any atom is 0.281 e. The fourth-order valence-electron chi connectivity index (χ4n) is 3.56. The molecule has 7 nitrogen and oxygen atoms in total. The normalized spacial score (nSPS) is 20.3. The third-order valence-corrected chi connectivity index (χ3v) is 5.01. The van der Waals surface area contributed by atoms with Crippen molar-refractivity contribution >= 4 is 16.9 Å². The summed E-state index contributed by atoms with van der Waals surface area (Å²) in [6.45, 7) is 0. The molecule has 0 radical (unpaired) electrons. The predicted molar refractivity (Wildman–Crippen MR) is 98.3 cm³/mol. The molecule has 2 atom stereocenters. The van der Waals surface area contributed by atoms with E-state index in [0.29, 0.717) is 17.0 Å². The van der Waals surface area contributed by atoms with Crippen molar-refractivity contribution in [3.8, 4) is 11.1 Å². The molecule has 1 aliphatic rings. The van der Waals surface area contributed by atoms with E-state index in [9.17, 15) is 8.78 Å². The zero-order valence-corrected chi connectivity index (χ0v) is 14.9. The van der Waals surface area contributed by atoms with Crippen LogP contribution in [0.15, 0.2) is 24.8 Å². The van der Waals surface area contributed by atoms with Crippen molar-refractivity contribution < 1.29 is 8.78 Å². The molecule has 0 amide bonds. The molecule has 4 rings (SSSR count). The van der Waals surface area contributed by atoms with Crippen molar-refractivity contribution in [2.75, 3.05) is 5.32 Å². The highest BCUT2D eigenvalue weighted by Gasteiger charge is 2.23. The molecule has 3 aromatic heterocycles. The lowest BCUT2D eigenvalue weighted by molar-refractivity contribution is 0.148. The Hall–Kier alpha value is -2.68. The van der Waals surface area contributed by atoms with Gasteiger partial charge in [0.1, 0.15) is 5.69 Å². The standard InChI is InChI=1S/C18H21F2N7/c1-27-9-10(6-24-27)11-7-22-16(17(19)20)12-8-23-18(26-15(11)12)25-14-5-3-2-4-13(14)21/h6-9,13-14,17H,2-5,21H2,1H3,(H,23,25,26)/t13-,14+/m1/s1. The van der Waals surface area contributed by atoms with Crippen LogP contribution in [0.1, 0.15) is 37.8 Å². The molecule has 0 bridgehead atoms. The molecule has 0 saturated heterocycles. The molecular formula is C18H21F2N7. The van der Waals surface area contributed by atoms with Crippen LogP contribution in [0.5, 0.6) is 0 Å². The quantitative estimate of drug-likeness (QED) is 0.730. The van der Waals surface area contributed by atoms with Crippen LogP contribution in [0, 0.1) is 0 Å². The Bertz CT molecular complexity index is 956. The lowest BCUT2D eigenvalue weighted by atomic mass is 9.91. The molecule has 1 fully saturated rings. The van der Waals surface area contributed by atoms with Crippen molar-refractivity contribution in [3.05, 3.63) is 30.5 Å². The number of aromatic nitrogens is 5. The van der Waals surface area contributed by atoms with Gasteiger partial charge < -0.3 is 11.1 Å². The van der Waals surface area contributed by atoms with Crippen LogP contribution < -0.4 is 11.1 Å². The van der Waals surface area contributed by atoms with Gasteiger partial charge in [0, 0.05) is 54.2 Å². The summed E-state index contributed by atoms with van der Waals surface area (Å²) in [4.78, 5) is 12.7. The number of anilines is 1. The van der Waals surface area contributed by atoms with E-state index < -0.39 is 6.43 Å². The number of nitrogens with one attached hydrogen (secondary N) is 1. The molecule has 3 aromatic rings. The maximum absolute atomic E-state index is 13.4. The number of hydrogen-bond acceptors (Lipinski definition) is 6. The van der Waals surface area contributed by atoms with Crippen molar-refractivity contribution in [2.45, 2.75) is 44.2 Å². The number of rotatable bonds is 4. The summed E-state index contributed by atoms with van der Waals surface area (Å²) in [5.74, 6) is 0.390. The number of halogens is 2. The molecular weight excluding hydrogens is 352 g/mol. The van der Waals surface area contributed by atoms with Gasteiger partial charge in [-0.05, 0) is 12.8 Å². The Kier molecular flexibility index (Phi) is 4.69. The van der Waals surface area contributed by atoms with Crippen molar-refractivity contribution in [3.63, 3.8) is 0 Å². The van der Waals surface area contributed by atoms with Crippen LogP contribution in [0.4, 0.5) is 14.7 Å². The Morgan fingerprint density at radius 3 is 2.70 bits per heavy atom. The minimum atomic E-state index is -2.70. The second kappa shape index (κ2) is 7.15. The Morgan fingerprint density at radius 1 is 1.19 bits per heavy atom. The van der Waals surface area contributed by atoms with Gasteiger partial charge in [0.25, 0.3) is 6.43 Å². The van der Waals surface area contributed by atoms with Crippen LogP contribution in [-0.4, -0.2) is 36.8 Å². The summed E-state index contributed by atoms with van der Waals surface area (Å²) in [6, 6.07) is 0.111. The summed E-state index contributed by atoms with van der Waals surface area (Å²) in [7, 11) is 1.79. The fraction of sp³-hybridized carbons (Fsp3) is 0.444. The number of nitrogens with two attached hydrogens (primary N) is 1. The monoisotopic (exact) mass is 373 g/mol.